The molecule has 1 aromatic carbocycles. The van der Waals surface area contributed by atoms with Gasteiger partial charge in [-0.05, 0) is 29.9 Å². The lowest BCUT2D eigenvalue weighted by Gasteiger charge is -2.16. The van der Waals surface area contributed by atoms with E-state index in [1.54, 1.807) is 18.3 Å². The number of rotatable bonds is 7. The first-order chi connectivity index (χ1) is 11.8. The summed E-state index contributed by atoms with van der Waals surface area (Å²) < 4.78 is 22.4. The Labute approximate surface area is 149 Å². The molecule has 0 fully saturated rings. The van der Waals surface area contributed by atoms with Crippen LogP contribution >= 0.6 is 12.2 Å². The quantitative estimate of drug-likeness (QED) is 0.410. The smallest absolute Gasteiger partial charge is 0.326 e. The Morgan fingerprint density at radius 3 is 2.56 bits per heavy atom. The molecule has 0 saturated heterocycles. The number of carboxylic acid groups (broad SMARTS) is 1. The molecule has 2 rings (SSSR count). The summed E-state index contributed by atoms with van der Waals surface area (Å²) in [6.45, 7) is 0.299. The van der Waals surface area contributed by atoms with Gasteiger partial charge in [0.1, 0.15) is 6.04 Å². The molecule has 25 heavy (non-hydrogen) atoms. The predicted molar refractivity (Wildman–Crippen MR) is 94.1 cm³/mol. The Morgan fingerprint density at radius 2 is 2.04 bits per heavy atom. The Morgan fingerprint density at radius 1 is 1.36 bits per heavy atom. The first-order valence-corrected chi connectivity index (χ1v) is 9.07. The fourth-order valence-corrected chi connectivity index (χ4v) is 2.73. The van der Waals surface area contributed by atoms with Crippen LogP contribution in [0.4, 0.5) is 0 Å². The summed E-state index contributed by atoms with van der Waals surface area (Å²) in [6, 6.07) is 5.05. The average molecular weight is 383 g/mol. The molecule has 0 saturated carbocycles. The number of primary sulfonamides is 1. The molecular weight excluding hydrogens is 366 g/mol. The van der Waals surface area contributed by atoms with Gasteiger partial charge in [-0.3, -0.25) is 0 Å². The molecule has 1 heterocycles. The van der Waals surface area contributed by atoms with Crippen molar-refractivity contribution in [3.8, 4) is 0 Å². The summed E-state index contributed by atoms with van der Waals surface area (Å²) in [5.74, 6) is -1.05. The van der Waals surface area contributed by atoms with Crippen molar-refractivity contribution in [3.63, 3.8) is 0 Å². The molecule has 9 nitrogen and oxygen atoms in total. The van der Waals surface area contributed by atoms with E-state index in [0.29, 0.717) is 12.2 Å². The summed E-state index contributed by atoms with van der Waals surface area (Å²) in [5.41, 5.74) is 1.43. The van der Waals surface area contributed by atoms with Crippen LogP contribution in [0.1, 0.15) is 11.3 Å². The number of imidazole rings is 1. The summed E-state index contributed by atoms with van der Waals surface area (Å²) in [5, 5.41) is 20.1. The van der Waals surface area contributed by atoms with Crippen LogP contribution in [0.3, 0.4) is 0 Å². The Balaban J connectivity index is 1.89. The van der Waals surface area contributed by atoms with Gasteiger partial charge in [-0.1, -0.05) is 12.1 Å². The summed E-state index contributed by atoms with van der Waals surface area (Å²) in [7, 11) is -3.73. The van der Waals surface area contributed by atoms with Gasteiger partial charge in [0.05, 0.1) is 11.2 Å². The van der Waals surface area contributed by atoms with Crippen molar-refractivity contribution in [3.05, 3.63) is 48.0 Å². The molecular formula is C14H17N5O4S2. The minimum atomic E-state index is -3.73. The minimum Gasteiger partial charge on any atom is -0.480 e. The molecule has 134 valence electrons. The van der Waals surface area contributed by atoms with Gasteiger partial charge < -0.3 is 20.7 Å². The SMILES string of the molecule is NS(=O)(=O)c1ccc(CNC(=S)NC(Cc2cnc[nH]2)C(=O)O)cc1. The standard InChI is InChI=1S/C14H17N5O4S2/c15-25(22,23)11-3-1-9(2-4-11)6-17-14(24)19-12(13(20)21)5-10-7-16-8-18-10/h1-4,7-8,12H,5-6H2,(H,16,18)(H,20,21)(H2,15,22,23)(H2,17,19,24). The average Bonchev–Trinajstić information content (AvgIpc) is 3.05. The van der Waals surface area contributed by atoms with Crippen molar-refractivity contribution in [2.75, 3.05) is 0 Å². The molecule has 0 amide bonds. The number of nitrogens with two attached hydrogens (primary N) is 1. The summed E-state index contributed by atoms with van der Waals surface area (Å²) in [6.07, 6.45) is 3.21. The molecule has 0 aliphatic rings. The number of hydrogen-bond acceptors (Lipinski definition) is 5. The van der Waals surface area contributed by atoms with Crippen LogP contribution in [0, 0.1) is 0 Å². The fraction of sp³-hybridized carbons (Fsp3) is 0.214. The van der Waals surface area contributed by atoms with Gasteiger partial charge in [-0.25, -0.2) is 23.3 Å². The highest BCUT2D eigenvalue weighted by atomic mass is 32.2. The van der Waals surface area contributed by atoms with Crippen molar-refractivity contribution >= 4 is 33.3 Å². The molecule has 0 aliphatic carbocycles. The third kappa shape index (κ3) is 5.81. The number of nitrogens with one attached hydrogen (secondary N) is 3. The van der Waals surface area contributed by atoms with Crippen molar-refractivity contribution in [2.24, 2.45) is 5.14 Å². The second-order valence-corrected chi connectivity index (χ2v) is 7.16. The maximum absolute atomic E-state index is 11.3. The van der Waals surface area contributed by atoms with Crippen molar-refractivity contribution in [1.82, 2.24) is 20.6 Å². The van der Waals surface area contributed by atoms with Crippen LogP contribution < -0.4 is 15.8 Å². The molecule has 0 bridgehead atoms. The van der Waals surface area contributed by atoms with Gasteiger partial charge in [-0.15, -0.1) is 0 Å². The van der Waals surface area contributed by atoms with E-state index in [4.69, 9.17) is 17.4 Å². The van der Waals surface area contributed by atoms with Crippen LogP contribution in [0.15, 0.2) is 41.7 Å². The maximum atomic E-state index is 11.3. The number of carboxylic acids is 1. The largest absolute Gasteiger partial charge is 0.480 e. The molecule has 6 N–H and O–H groups in total. The van der Waals surface area contributed by atoms with Gasteiger partial charge in [0.15, 0.2) is 5.11 Å². The molecule has 2 aromatic rings. The van der Waals surface area contributed by atoms with Gasteiger partial charge >= 0.3 is 5.97 Å². The molecule has 11 heteroatoms. The van der Waals surface area contributed by atoms with E-state index in [2.05, 4.69) is 20.6 Å². The molecule has 0 radical (unpaired) electrons. The second kappa shape index (κ2) is 8.05. The number of hydrogen-bond donors (Lipinski definition) is 5. The van der Waals surface area contributed by atoms with Crippen LogP contribution in [0.2, 0.25) is 0 Å². The first-order valence-electron chi connectivity index (χ1n) is 7.12. The van der Waals surface area contributed by atoms with E-state index in [1.165, 1.54) is 18.5 Å². The molecule has 1 atom stereocenters. The number of sulfonamides is 1. The number of thiocarbonyl (C=S) groups is 1. The number of carbonyl (C=O) groups is 1. The highest BCUT2D eigenvalue weighted by Gasteiger charge is 2.19. The lowest BCUT2D eigenvalue weighted by Crippen LogP contribution is -2.46. The minimum absolute atomic E-state index is 0.0162. The van der Waals surface area contributed by atoms with Gasteiger partial charge in [-0.2, -0.15) is 0 Å². The Bertz CT molecular complexity index is 835. The summed E-state index contributed by atoms with van der Waals surface area (Å²) in [4.78, 5) is 18.0. The van der Waals surface area contributed by atoms with E-state index >= 15 is 0 Å². The van der Waals surface area contributed by atoms with Crippen LogP contribution in [0.5, 0.6) is 0 Å². The molecule has 1 unspecified atom stereocenters. The monoisotopic (exact) mass is 383 g/mol. The van der Waals surface area contributed by atoms with Gasteiger partial charge in [0, 0.05) is 24.9 Å². The van der Waals surface area contributed by atoms with E-state index < -0.39 is 22.0 Å². The number of H-pyrrole nitrogens is 1. The third-order valence-electron chi connectivity index (χ3n) is 3.29. The molecule has 0 spiro atoms. The van der Waals surface area contributed by atoms with Crippen LogP contribution in [-0.4, -0.2) is 40.6 Å². The van der Waals surface area contributed by atoms with Crippen molar-refractivity contribution < 1.29 is 18.3 Å². The summed E-state index contributed by atoms with van der Waals surface area (Å²) >= 11 is 5.10. The van der Waals surface area contributed by atoms with E-state index in [1.807, 2.05) is 0 Å². The third-order valence-corrected chi connectivity index (χ3v) is 4.48. The van der Waals surface area contributed by atoms with E-state index in [0.717, 1.165) is 5.56 Å². The Hall–Kier alpha value is -2.50. The predicted octanol–water partition coefficient (Wildman–Crippen LogP) is -0.283. The highest BCUT2D eigenvalue weighted by molar-refractivity contribution is 7.89. The second-order valence-electron chi connectivity index (χ2n) is 5.19. The highest BCUT2D eigenvalue weighted by Crippen LogP contribution is 2.08. The normalized spacial score (nSPS) is 12.4. The van der Waals surface area contributed by atoms with Crippen LogP contribution in [-0.2, 0) is 27.8 Å². The van der Waals surface area contributed by atoms with Gasteiger partial charge in [0.2, 0.25) is 10.0 Å². The Kier molecular flexibility index (Phi) is 6.07. The van der Waals surface area contributed by atoms with Crippen LogP contribution in [0.25, 0.3) is 0 Å². The number of benzene rings is 1. The van der Waals surface area contributed by atoms with Crippen molar-refractivity contribution in [2.45, 2.75) is 23.9 Å². The zero-order chi connectivity index (χ0) is 18.4. The number of aromatic amines is 1. The molecule has 0 aliphatic heterocycles. The van der Waals surface area contributed by atoms with E-state index in [9.17, 15) is 18.3 Å². The topological polar surface area (TPSA) is 150 Å². The fourth-order valence-electron chi connectivity index (χ4n) is 2.00. The number of aliphatic carboxylic acids is 1. The van der Waals surface area contributed by atoms with E-state index in [-0.39, 0.29) is 16.4 Å². The maximum Gasteiger partial charge on any atom is 0.326 e. The number of nitrogens with zero attached hydrogens (tertiary/aromatic N) is 1. The first kappa shape index (κ1) is 18.8. The number of aromatic nitrogens is 2. The van der Waals surface area contributed by atoms with Gasteiger partial charge in [0.25, 0.3) is 0 Å². The lowest BCUT2D eigenvalue weighted by molar-refractivity contribution is -0.139. The molecule has 1 aromatic heterocycles. The van der Waals surface area contributed by atoms with Crippen molar-refractivity contribution in [1.29, 1.82) is 0 Å². The lowest BCUT2D eigenvalue weighted by atomic mass is 10.2. The zero-order valence-corrected chi connectivity index (χ0v) is 14.6. The zero-order valence-electron chi connectivity index (χ0n) is 13.0.